The summed E-state index contributed by atoms with van der Waals surface area (Å²) in [6.45, 7) is 7.37. The second kappa shape index (κ2) is 7.78. The molecule has 1 aliphatic heterocycles. The molecule has 0 aromatic carbocycles. The summed E-state index contributed by atoms with van der Waals surface area (Å²) >= 11 is 0. The zero-order valence-corrected chi connectivity index (χ0v) is 12.4. The van der Waals surface area contributed by atoms with Crippen molar-refractivity contribution < 1.29 is 33.3 Å². The highest BCUT2D eigenvalue weighted by Crippen LogP contribution is 2.26. The average molecular weight is 300 g/mol. The van der Waals surface area contributed by atoms with Gasteiger partial charge in [-0.05, 0) is 6.42 Å². The monoisotopic (exact) mass is 300 g/mol. The smallest absolute Gasteiger partial charge is 0.303 e. The van der Waals surface area contributed by atoms with Crippen molar-refractivity contribution >= 4 is 17.9 Å². The SMILES string of the molecule is C=CC[C@H]1OC[C@@H](OC(C)=O)[C@H](OC(C)=O)[C@H]1OC(C)=O. The minimum atomic E-state index is -0.908. The number of ether oxygens (including phenoxy) is 4. The Hall–Kier alpha value is -1.89. The van der Waals surface area contributed by atoms with Gasteiger partial charge in [0.2, 0.25) is 0 Å². The van der Waals surface area contributed by atoms with Gasteiger partial charge in [0, 0.05) is 20.8 Å². The lowest BCUT2D eigenvalue weighted by Crippen LogP contribution is -2.57. The lowest BCUT2D eigenvalue weighted by Gasteiger charge is -2.40. The highest BCUT2D eigenvalue weighted by molar-refractivity contribution is 5.68. The molecule has 1 rings (SSSR count). The lowest BCUT2D eigenvalue weighted by atomic mass is 9.97. The quantitative estimate of drug-likeness (QED) is 0.420. The van der Waals surface area contributed by atoms with Crippen LogP contribution in [-0.4, -0.2) is 48.9 Å². The van der Waals surface area contributed by atoms with Crippen molar-refractivity contribution in [1.82, 2.24) is 0 Å². The second-order valence-corrected chi connectivity index (χ2v) is 4.69. The Labute approximate surface area is 123 Å². The summed E-state index contributed by atoms with van der Waals surface area (Å²) in [6.07, 6.45) is -1.09. The van der Waals surface area contributed by atoms with Gasteiger partial charge in [0.25, 0.3) is 0 Å². The van der Waals surface area contributed by atoms with Crippen molar-refractivity contribution in [2.75, 3.05) is 6.61 Å². The van der Waals surface area contributed by atoms with Crippen LogP contribution in [0, 0.1) is 0 Å². The van der Waals surface area contributed by atoms with E-state index in [0.29, 0.717) is 6.42 Å². The molecule has 7 heteroatoms. The summed E-state index contributed by atoms with van der Waals surface area (Å²) in [5.41, 5.74) is 0. The molecule has 1 saturated heterocycles. The molecule has 118 valence electrons. The Morgan fingerprint density at radius 3 is 2.05 bits per heavy atom. The van der Waals surface area contributed by atoms with Gasteiger partial charge in [-0.3, -0.25) is 14.4 Å². The maximum Gasteiger partial charge on any atom is 0.303 e. The Morgan fingerprint density at radius 2 is 1.57 bits per heavy atom. The first-order valence-corrected chi connectivity index (χ1v) is 6.59. The Balaban J connectivity index is 2.99. The van der Waals surface area contributed by atoms with Gasteiger partial charge in [-0.25, -0.2) is 0 Å². The van der Waals surface area contributed by atoms with E-state index in [2.05, 4.69) is 6.58 Å². The Kier molecular flexibility index (Phi) is 6.36. The van der Waals surface area contributed by atoms with Crippen LogP contribution in [0.2, 0.25) is 0 Å². The first-order valence-electron chi connectivity index (χ1n) is 6.59. The van der Waals surface area contributed by atoms with Gasteiger partial charge in [-0.1, -0.05) is 6.08 Å². The van der Waals surface area contributed by atoms with E-state index in [-0.39, 0.29) is 6.61 Å². The molecule has 0 radical (unpaired) electrons. The standard InChI is InChI=1S/C14H20O7/c1-5-6-11-13(20-9(3)16)14(21-10(4)17)12(7-18-11)19-8(2)15/h5,11-14H,1,6-7H2,2-4H3/t11-,12-,13+,14+/m1/s1. The van der Waals surface area contributed by atoms with Crippen molar-refractivity contribution in [3.63, 3.8) is 0 Å². The third-order valence-electron chi connectivity index (χ3n) is 2.85. The number of carbonyl (C=O) groups excluding carboxylic acids is 3. The number of rotatable bonds is 5. The molecular formula is C14H20O7. The lowest BCUT2D eigenvalue weighted by molar-refractivity contribution is -0.225. The minimum absolute atomic E-state index is 0.0494. The molecular weight excluding hydrogens is 280 g/mol. The van der Waals surface area contributed by atoms with E-state index in [0.717, 1.165) is 0 Å². The number of hydrogen-bond donors (Lipinski definition) is 0. The molecule has 4 atom stereocenters. The summed E-state index contributed by atoms with van der Waals surface area (Å²) in [4.78, 5) is 33.7. The van der Waals surface area contributed by atoms with Gasteiger partial charge in [0.1, 0.15) is 6.10 Å². The van der Waals surface area contributed by atoms with Gasteiger partial charge >= 0.3 is 17.9 Å². The predicted octanol–water partition coefficient (Wildman–Crippen LogP) is 0.756. The van der Waals surface area contributed by atoms with Gasteiger partial charge in [0.05, 0.1) is 6.61 Å². The van der Waals surface area contributed by atoms with Gasteiger partial charge < -0.3 is 18.9 Å². The zero-order chi connectivity index (χ0) is 16.0. The molecule has 0 N–H and O–H groups in total. The van der Waals surface area contributed by atoms with Crippen LogP contribution >= 0.6 is 0 Å². The van der Waals surface area contributed by atoms with Crippen molar-refractivity contribution in [2.24, 2.45) is 0 Å². The van der Waals surface area contributed by atoms with E-state index >= 15 is 0 Å². The molecule has 0 amide bonds. The van der Waals surface area contributed by atoms with E-state index in [9.17, 15) is 14.4 Å². The van der Waals surface area contributed by atoms with Crippen molar-refractivity contribution in [1.29, 1.82) is 0 Å². The van der Waals surface area contributed by atoms with Crippen LogP contribution in [0.1, 0.15) is 27.2 Å². The first kappa shape index (κ1) is 17.2. The van der Waals surface area contributed by atoms with Crippen LogP contribution in [0.3, 0.4) is 0 Å². The first-order chi connectivity index (χ1) is 9.85. The van der Waals surface area contributed by atoms with E-state index in [1.54, 1.807) is 6.08 Å². The molecule has 0 bridgehead atoms. The topological polar surface area (TPSA) is 88.1 Å². The fraction of sp³-hybridized carbons (Fsp3) is 0.643. The minimum Gasteiger partial charge on any atom is -0.456 e. The molecule has 0 aromatic rings. The normalized spacial score (nSPS) is 28.3. The van der Waals surface area contributed by atoms with Crippen molar-refractivity contribution in [2.45, 2.75) is 51.6 Å². The van der Waals surface area contributed by atoms with E-state index < -0.39 is 42.3 Å². The summed E-state index contributed by atoms with van der Waals surface area (Å²) < 4.78 is 21.0. The fourth-order valence-corrected chi connectivity index (χ4v) is 2.18. The molecule has 0 aliphatic carbocycles. The average Bonchev–Trinajstić information content (AvgIpc) is 2.35. The van der Waals surface area contributed by atoms with E-state index in [4.69, 9.17) is 18.9 Å². The number of hydrogen-bond acceptors (Lipinski definition) is 7. The third-order valence-corrected chi connectivity index (χ3v) is 2.85. The Morgan fingerprint density at radius 1 is 1.05 bits per heavy atom. The maximum absolute atomic E-state index is 11.3. The predicted molar refractivity (Wildman–Crippen MR) is 71.2 cm³/mol. The molecule has 1 heterocycles. The van der Waals surface area contributed by atoms with Gasteiger partial charge in [-0.15, -0.1) is 6.58 Å². The molecule has 0 spiro atoms. The second-order valence-electron chi connectivity index (χ2n) is 4.69. The number of esters is 3. The van der Waals surface area contributed by atoms with E-state index in [1.165, 1.54) is 20.8 Å². The highest BCUT2D eigenvalue weighted by Gasteiger charge is 2.46. The molecule has 1 fully saturated rings. The molecule has 7 nitrogen and oxygen atoms in total. The van der Waals surface area contributed by atoms with Crippen LogP contribution in [-0.2, 0) is 33.3 Å². The highest BCUT2D eigenvalue weighted by atomic mass is 16.6. The Bertz CT molecular complexity index is 418. The van der Waals surface area contributed by atoms with Crippen LogP contribution < -0.4 is 0 Å². The summed E-state index contributed by atoms with van der Waals surface area (Å²) in [7, 11) is 0. The maximum atomic E-state index is 11.3. The largest absolute Gasteiger partial charge is 0.456 e. The van der Waals surface area contributed by atoms with Gasteiger partial charge in [-0.2, -0.15) is 0 Å². The zero-order valence-electron chi connectivity index (χ0n) is 12.4. The van der Waals surface area contributed by atoms with Crippen LogP contribution in [0.25, 0.3) is 0 Å². The van der Waals surface area contributed by atoms with Crippen LogP contribution in [0.15, 0.2) is 12.7 Å². The summed E-state index contributed by atoms with van der Waals surface area (Å²) in [6, 6.07) is 0. The summed E-state index contributed by atoms with van der Waals surface area (Å²) in [5, 5.41) is 0. The van der Waals surface area contributed by atoms with Crippen molar-refractivity contribution in [3.8, 4) is 0 Å². The van der Waals surface area contributed by atoms with Crippen LogP contribution in [0.5, 0.6) is 0 Å². The van der Waals surface area contributed by atoms with Gasteiger partial charge in [0.15, 0.2) is 18.3 Å². The molecule has 0 saturated carbocycles. The molecule has 1 aliphatic rings. The van der Waals surface area contributed by atoms with Crippen LogP contribution in [0.4, 0.5) is 0 Å². The molecule has 0 aromatic heterocycles. The van der Waals surface area contributed by atoms with Crippen molar-refractivity contribution in [3.05, 3.63) is 12.7 Å². The molecule has 21 heavy (non-hydrogen) atoms. The van der Waals surface area contributed by atoms with E-state index in [1.807, 2.05) is 0 Å². The third kappa shape index (κ3) is 5.18. The number of carbonyl (C=O) groups is 3. The fourth-order valence-electron chi connectivity index (χ4n) is 2.18. The molecule has 0 unspecified atom stereocenters. The summed E-state index contributed by atoms with van der Waals surface area (Å²) in [5.74, 6) is -1.64.